The van der Waals surface area contributed by atoms with E-state index in [4.69, 9.17) is 0 Å². The fourth-order valence-corrected chi connectivity index (χ4v) is 3.18. The van der Waals surface area contributed by atoms with Crippen molar-refractivity contribution in [2.24, 2.45) is 0 Å². The van der Waals surface area contributed by atoms with E-state index in [-0.39, 0.29) is 11.4 Å². The summed E-state index contributed by atoms with van der Waals surface area (Å²) >= 11 is 0. The first-order chi connectivity index (χ1) is 10.3. The normalized spacial score (nSPS) is 17.1. The van der Waals surface area contributed by atoms with E-state index in [9.17, 15) is 4.79 Å². The summed E-state index contributed by atoms with van der Waals surface area (Å²) in [5.41, 5.74) is 1.60. The van der Waals surface area contributed by atoms with E-state index in [1.807, 2.05) is 24.3 Å². The third kappa shape index (κ3) is 2.97. The van der Waals surface area contributed by atoms with Crippen molar-refractivity contribution < 1.29 is 4.79 Å². The zero-order valence-corrected chi connectivity index (χ0v) is 12.1. The van der Waals surface area contributed by atoms with E-state index < -0.39 is 0 Å². The molecule has 0 saturated heterocycles. The highest BCUT2D eigenvalue weighted by Gasteiger charge is 2.35. The summed E-state index contributed by atoms with van der Waals surface area (Å²) in [4.78, 5) is 16.6. The van der Waals surface area contributed by atoms with Gasteiger partial charge in [-0.2, -0.15) is 0 Å². The number of amides is 1. The van der Waals surface area contributed by atoms with Crippen molar-refractivity contribution in [2.75, 3.05) is 0 Å². The molecular formula is C18H20N2O. The van der Waals surface area contributed by atoms with Gasteiger partial charge in [0.25, 0.3) is 5.91 Å². The predicted molar refractivity (Wildman–Crippen MR) is 82.9 cm³/mol. The van der Waals surface area contributed by atoms with Gasteiger partial charge in [0, 0.05) is 12.4 Å². The van der Waals surface area contributed by atoms with Crippen LogP contribution in [0.4, 0.5) is 0 Å². The minimum Gasteiger partial charge on any atom is -0.342 e. The molecule has 0 aliphatic heterocycles. The largest absolute Gasteiger partial charge is 0.342 e. The molecule has 0 bridgehead atoms. The van der Waals surface area contributed by atoms with Gasteiger partial charge < -0.3 is 5.32 Å². The lowest BCUT2D eigenvalue weighted by atomic mass is 9.76. The maximum absolute atomic E-state index is 12.5. The highest BCUT2D eigenvalue weighted by atomic mass is 16.1. The lowest BCUT2D eigenvalue weighted by molar-refractivity contribution is 0.0866. The average molecular weight is 280 g/mol. The third-order valence-electron chi connectivity index (χ3n) is 4.31. The van der Waals surface area contributed by atoms with Gasteiger partial charge in [-0.15, -0.1) is 0 Å². The Morgan fingerprint density at radius 2 is 1.76 bits per heavy atom. The molecule has 3 nitrogen and oxygen atoms in total. The molecule has 1 aliphatic rings. The van der Waals surface area contributed by atoms with Gasteiger partial charge in [-0.1, -0.05) is 49.6 Å². The van der Waals surface area contributed by atoms with Crippen molar-refractivity contribution in [3.05, 3.63) is 66.0 Å². The van der Waals surface area contributed by atoms with E-state index >= 15 is 0 Å². The maximum atomic E-state index is 12.5. The summed E-state index contributed by atoms with van der Waals surface area (Å²) in [6, 6.07) is 13.9. The Bertz CT molecular complexity index is 589. The molecule has 0 spiro atoms. The highest BCUT2D eigenvalue weighted by molar-refractivity contribution is 5.94. The second kappa shape index (κ2) is 6.08. The standard InChI is InChI=1S/C18H20N2O/c21-17(15-8-7-13-19-14-15)20-18(11-5-2-6-12-18)16-9-3-1-4-10-16/h1,3-4,7-10,13-14H,2,5-6,11-12H2,(H,20,21). The van der Waals surface area contributed by atoms with Crippen LogP contribution in [0.15, 0.2) is 54.9 Å². The van der Waals surface area contributed by atoms with Crippen molar-refractivity contribution in [3.63, 3.8) is 0 Å². The second-order valence-corrected chi connectivity index (χ2v) is 5.70. The van der Waals surface area contributed by atoms with Gasteiger partial charge in [-0.3, -0.25) is 9.78 Å². The monoisotopic (exact) mass is 280 g/mol. The van der Waals surface area contributed by atoms with E-state index in [2.05, 4.69) is 22.4 Å². The van der Waals surface area contributed by atoms with Crippen LogP contribution >= 0.6 is 0 Å². The van der Waals surface area contributed by atoms with Gasteiger partial charge >= 0.3 is 0 Å². The van der Waals surface area contributed by atoms with Crippen LogP contribution in [0.2, 0.25) is 0 Å². The van der Waals surface area contributed by atoms with Gasteiger partial charge in [0.15, 0.2) is 0 Å². The predicted octanol–water partition coefficient (Wildman–Crippen LogP) is 3.67. The van der Waals surface area contributed by atoms with Crippen LogP contribution in [0, 0.1) is 0 Å². The molecule has 2 aromatic rings. The molecule has 1 aromatic carbocycles. The first-order valence-electron chi connectivity index (χ1n) is 7.58. The number of nitrogens with zero attached hydrogens (tertiary/aromatic N) is 1. The molecule has 0 unspecified atom stereocenters. The van der Waals surface area contributed by atoms with Crippen molar-refractivity contribution >= 4 is 5.91 Å². The number of benzene rings is 1. The van der Waals surface area contributed by atoms with Gasteiger partial charge in [0.2, 0.25) is 0 Å². The summed E-state index contributed by atoms with van der Waals surface area (Å²) < 4.78 is 0. The van der Waals surface area contributed by atoms with Gasteiger partial charge in [0.1, 0.15) is 0 Å². The first-order valence-corrected chi connectivity index (χ1v) is 7.58. The Hall–Kier alpha value is -2.16. The number of hydrogen-bond donors (Lipinski definition) is 1. The van der Waals surface area contributed by atoms with Crippen LogP contribution in [0.3, 0.4) is 0 Å². The number of hydrogen-bond acceptors (Lipinski definition) is 2. The topological polar surface area (TPSA) is 42.0 Å². The van der Waals surface area contributed by atoms with Crippen LogP contribution in [-0.4, -0.2) is 10.9 Å². The SMILES string of the molecule is O=C(NC1(c2ccccc2)CCCCC1)c1cccnc1. The lowest BCUT2D eigenvalue weighted by Gasteiger charge is -2.38. The molecule has 0 radical (unpaired) electrons. The van der Waals surface area contributed by atoms with Gasteiger partial charge in [-0.05, 0) is 30.5 Å². The summed E-state index contributed by atoms with van der Waals surface area (Å²) in [6.07, 6.45) is 8.87. The Kier molecular flexibility index (Phi) is 4.00. The number of carbonyl (C=O) groups excluding carboxylic acids is 1. The fourth-order valence-electron chi connectivity index (χ4n) is 3.18. The molecule has 1 amide bonds. The number of nitrogens with one attached hydrogen (secondary N) is 1. The molecule has 21 heavy (non-hydrogen) atoms. The summed E-state index contributed by atoms with van der Waals surface area (Å²) in [5.74, 6) is -0.0335. The van der Waals surface area contributed by atoms with E-state index in [0.29, 0.717) is 5.56 Å². The van der Waals surface area contributed by atoms with Crippen LogP contribution in [0.5, 0.6) is 0 Å². The molecule has 1 fully saturated rings. The third-order valence-corrected chi connectivity index (χ3v) is 4.31. The summed E-state index contributed by atoms with van der Waals surface area (Å²) in [7, 11) is 0. The molecule has 3 heteroatoms. The van der Waals surface area contributed by atoms with Crippen molar-refractivity contribution in [1.29, 1.82) is 0 Å². The zero-order valence-electron chi connectivity index (χ0n) is 12.1. The Labute approximate surface area is 125 Å². The summed E-state index contributed by atoms with van der Waals surface area (Å²) in [5, 5.41) is 3.29. The van der Waals surface area contributed by atoms with Gasteiger partial charge in [-0.25, -0.2) is 0 Å². The molecule has 1 heterocycles. The van der Waals surface area contributed by atoms with Crippen molar-refractivity contribution in [2.45, 2.75) is 37.6 Å². The number of aromatic nitrogens is 1. The minimum atomic E-state index is -0.230. The smallest absolute Gasteiger partial charge is 0.253 e. The molecule has 1 aliphatic carbocycles. The van der Waals surface area contributed by atoms with E-state index in [0.717, 1.165) is 25.7 Å². The number of pyridine rings is 1. The molecule has 3 rings (SSSR count). The number of carbonyl (C=O) groups is 1. The van der Waals surface area contributed by atoms with Crippen LogP contribution in [0.1, 0.15) is 48.0 Å². The molecule has 1 aromatic heterocycles. The van der Waals surface area contributed by atoms with Crippen LogP contribution < -0.4 is 5.32 Å². The Morgan fingerprint density at radius 1 is 1.00 bits per heavy atom. The minimum absolute atomic E-state index is 0.0335. The lowest BCUT2D eigenvalue weighted by Crippen LogP contribution is -2.47. The highest BCUT2D eigenvalue weighted by Crippen LogP contribution is 2.37. The van der Waals surface area contributed by atoms with Crippen molar-refractivity contribution in [1.82, 2.24) is 10.3 Å². The van der Waals surface area contributed by atoms with Gasteiger partial charge in [0.05, 0.1) is 11.1 Å². The fraction of sp³-hybridized carbons (Fsp3) is 0.333. The quantitative estimate of drug-likeness (QED) is 0.932. The zero-order chi connectivity index (χ0) is 14.5. The number of rotatable bonds is 3. The maximum Gasteiger partial charge on any atom is 0.253 e. The van der Waals surface area contributed by atoms with Crippen molar-refractivity contribution in [3.8, 4) is 0 Å². The molecular weight excluding hydrogens is 260 g/mol. The average Bonchev–Trinajstić information content (AvgIpc) is 2.57. The molecule has 1 N–H and O–H groups in total. The second-order valence-electron chi connectivity index (χ2n) is 5.70. The molecule has 108 valence electrons. The molecule has 0 atom stereocenters. The van der Waals surface area contributed by atoms with E-state index in [1.54, 1.807) is 18.5 Å². The van der Waals surface area contributed by atoms with Crippen LogP contribution in [0.25, 0.3) is 0 Å². The first kappa shape index (κ1) is 13.8. The van der Waals surface area contributed by atoms with Crippen LogP contribution in [-0.2, 0) is 5.54 Å². The summed E-state index contributed by atoms with van der Waals surface area (Å²) in [6.45, 7) is 0. The Morgan fingerprint density at radius 3 is 2.43 bits per heavy atom. The Balaban J connectivity index is 1.88. The molecule has 1 saturated carbocycles. The van der Waals surface area contributed by atoms with E-state index in [1.165, 1.54) is 12.0 Å².